The van der Waals surface area contributed by atoms with Crippen molar-refractivity contribution in [3.63, 3.8) is 0 Å². The summed E-state index contributed by atoms with van der Waals surface area (Å²) in [5, 5.41) is 11.8. The summed E-state index contributed by atoms with van der Waals surface area (Å²) in [5.41, 5.74) is 0. The number of ether oxygens (including phenoxy) is 4. The molecule has 2 atom stereocenters. The van der Waals surface area contributed by atoms with Crippen LogP contribution in [0.3, 0.4) is 0 Å². The molecule has 446 valence electrons. The summed E-state index contributed by atoms with van der Waals surface area (Å²) < 4.78 is 22.7. The summed E-state index contributed by atoms with van der Waals surface area (Å²) in [6, 6.07) is 0. The highest BCUT2D eigenvalue weighted by atomic mass is 16.7. The Morgan fingerprint density at radius 2 is 0.722 bits per heavy atom. The number of nitrogens with zero attached hydrogens (tertiary/aromatic N) is 1. The molecule has 0 spiro atoms. The van der Waals surface area contributed by atoms with Crippen molar-refractivity contribution in [2.75, 3.05) is 47.5 Å². The maximum Gasteiger partial charge on any atom is 0.306 e. The summed E-state index contributed by atoms with van der Waals surface area (Å²) >= 11 is 0. The van der Waals surface area contributed by atoms with E-state index in [0.29, 0.717) is 17.4 Å². The average Bonchev–Trinajstić information content (AvgIpc) is 3.42. The second kappa shape index (κ2) is 59.3. The van der Waals surface area contributed by atoms with Crippen LogP contribution in [0.25, 0.3) is 0 Å². The maximum atomic E-state index is 12.9. The van der Waals surface area contributed by atoms with Crippen LogP contribution >= 0.6 is 0 Å². The lowest BCUT2D eigenvalue weighted by molar-refractivity contribution is -0.870. The number of aliphatic carboxylic acids is 1. The Bertz CT molecular complexity index is 1800. The highest BCUT2D eigenvalue weighted by molar-refractivity contribution is 5.70. The Labute approximate surface area is 483 Å². The number of esters is 2. The molecule has 0 fully saturated rings. The normalized spacial score (nSPS) is 13.8. The minimum absolute atomic E-state index is 0.135. The Morgan fingerprint density at radius 1 is 0.392 bits per heavy atom. The van der Waals surface area contributed by atoms with Gasteiger partial charge in [0.15, 0.2) is 12.4 Å². The molecule has 79 heavy (non-hydrogen) atoms. The topological polar surface area (TPSA) is 111 Å². The van der Waals surface area contributed by atoms with Gasteiger partial charge in [-0.15, -0.1) is 0 Å². The molecule has 0 aliphatic rings. The molecular formula is C70H113NO8. The van der Waals surface area contributed by atoms with Crippen LogP contribution in [0.4, 0.5) is 0 Å². The van der Waals surface area contributed by atoms with Crippen LogP contribution in [-0.2, 0) is 33.3 Å². The number of quaternary nitrogens is 1. The van der Waals surface area contributed by atoms with Gasteiger partial charge in [-0.2, -0.15) is 0 Å². The van der Waals surface area contributed by atoms with Crippen molar-refractivity contribution in [2.45, 2.75) is 232 Å². The number of rotatable bonds is 55. The van der Waals surface area contributed by atoms with Crippen molar-refractivity contribution in [3.05, 3.63) is 146 Å². The van der Waals surface area contributed by atoms with Crippen LogP contribution in [0.1, 0.15) is 219 Å². The zero-order valence-electron chi connectivity index (χ0n) is 50.7. The van der Waals surface area contributed by atoms with Gasteiger partial charge in [0.25, 0.3) is 0 Å². The Morgan fingerprint density at radius 3 is 1.08 bits per heavy atom. The number of carbonyl (C=O) groups excluding carboxylic acids is 3. The van der Waals surface area contributed by atoms with Crippen molar-refractivity contribution in [3.8, 4) is 0 Å². The summed E-state index contributed by atoms with van der Waals surface area (Å²) in [5.74, 6) is -2.33. The van der Waals surface area contributed by atoms with E-state index in [9.17, 15) is 19.5 Å². The van der Waals surface area contributed by atoms with E-state index < -0.39 is 24.3 Å². The Balaban J connectivity index is 4.26. The fourth-order valence-electron chi connectivity index (χ4n) is 7.83. The average molecular weight is 1100 g/mol. The predicted molar refractivity (Wildman–Crippen MR) is 333 cm³/mol. The van der Waals surface area contributed by atoms with Gasteiger partial charge in [0.05, 0.1) is 40.3 Å². The molecule has 0 saturated heterocycles. The summed E-state index contributed by atoms with van der Waals surface area (Å²) in [7, 11) is 5.90. The molecule has 0 saturated carbocycles. The minimum atomic E-state index is -1.64. The lowest BCUT2D eigenvalue weighted by Gasteiger charge is -2.26. The van der Waals surface area contributed by atoms with Crippen LogP contribution in [0, 0.1) is 0 Å². The highest BCUT2D eigenvalue weighted by Gasteiger charge is 2.22. The largest absolute Gasteiger partial charge is 0.545 e. The molecule has 0 aromatic heterocycles. The zero-order chi connectivity index (χ0) is 57.6. The number of hydrogen-bond donors (Lipinski definition) is 0. The van der Waals surface area contributed by atoms with Crippen molar-refractivity contribution >= 4 is 17.9 Å². The molecule has 0 rings (SSSR count). The minimum Gasteiger partial charge on any atom is -0.545 e. The van der Waals surface area contributed by atoms with Gasteiger partial charge < -0.3 is 33.3 Å². The van der Waals surface area contributed by atoms with E-state index >= 15 is 0 Å². The molecule has 0 aliphatic carbocycles. The fourth-order valence-corrected chi connectivity index (χ4v) is 7.83. The monoisotopic (exact) mass is 1100 g/mol. The van der Waals surface area contributed by atoms with Gasteiger partial charge in [-0.05, 0) is 122 Å². The van der Waals surface area contributed by atoms with Crippen molar-refractivity contribution < 1.29 is 42.9 Å². The fraction of sp³-hybridized carbons (Fsp3) is 0.614. The third-order valence-corrected chi connectivity index (χ3v) is 12.6. The molecule has 2 unspecified atom stereocenters. The van der Waals surface area contributed by atoms with E-state index in [-0.39, 0.29) is 38.6 Å². The van der Waals surface area contributed by atoms with Crippen LogP contribution in [0.5, 0.6) is 0 Å². The molecule has 0 bridgehead atoms. The van der Waals surface area contributed by atoms with E-state index in [1.165, 1.54) is 44.9 Å². The summed E-state index contributed by atoms with van der Waals surface area (Å²) in [6.07, 6.45) is 83.3. The van der Waals surface area contributed by atoms with Crippen LogP contribution in [0.2, 0.25) is 0 Å². The van der Waals surface area contributed by atoms with Crippen molar-refractivity contribution in [1.29, 1.82) is 0 Å². The third kappa shape index (κ3) is 60.7. The molecule has 9 heteroatoms. The standard InChI is InChI=1S/C70H113NO8/c1-6-8-10-12-14-16-18-20-22-24-25-26-27-28-29-30-31-32-33-34-35-36-37-38-39-40-41-42-43-45-47-49-51-53-55-57-59-61-68(73)79-66(65-78-70(69(74)75)76-63-62-71(3,4)5)64-77-67(72)60-58-56-54-52-50-48-46-44-23-21-19-17-15-13-11-9-7-2/h8,10,14-17,20-23,25-26,28-29,31-32,34-35,37-38,40-41,43,45,66,70H,6-7,9,11-13,18-19,24,27,30,33,36,39,42,44,46-65H2,1-5H3/b10-8-,16-14-,17-15-,22-20-,23-21-,26-25-,29-28-,32-31-,35-34-,38-37-,41-40-,45-43-. The van der Waals surface area contributed by atoms with E-state index in [0.717, 1.165) is 141 Å². The second-order valence-electron chi connectivity index (χ2n) is 21.3. The number of carboxylic acid groups (broad SMARTS) is 1. The Kier molecular flexibility index (Phi) is 55.7. The SMILES string of the molecule is CC/C=C\C/C=C\C/C=C\C/C=C\C/C=C\C/C=C\C/C=C\C/C=C\C/C=C\C/C=C\CCCCCCCCC(=O)OC(COC(=O)CCCCCCCCC/C=C\C/C=C\CCCCC)COC(OCC[N+](C)(C)C)C(=O)[O-]. The van der Waals surface area contributed by atoms with Gasteiger partial charge >= 0.3 is 11.9 Å². The lowest BCUT2D eigenvalue weighted by Crippen LogP contribution is -2.44. The summed E-state index contributed by atoms with van der Waals surface area (Å²) in [6.45, 7) is 4.56. The molecule has 0 aromatic carbocycles. The van der Waals surface area contributed by atoms with Crippen LogP contribution in [-0.4, -0.2) is 82.3 Å². The van der Waals surface area contributed by atoms with E-state index in [2.05, 4.69) is 160 Å². The van der Waals surface area contributed by atoms with Gasteiger partial charge in [0, 0.05) is 12.8 Å². The molecule has 0 N–H and O–H groups in total. The summed E-state index contributed by atoms with van der Waals surface area (Å²) in [4.78, 5) is 37.3. The van der Waals surface area contributed by atoms with Gasteiger partial charge in [-0.25, -0.2) is 0 Å². The molecule has 0 heterocycles. The van der Waals surface area contributed by atoms with Crippen LogP contribution in [0.15, 0.2) is 146 Å². The molecule has 0 amide bonds. The van der Waals surface area contributed by atoms with E-state index in [4.69, 9.17) is 18.9 Å². The molecule has 0 aliphatic heterocycles. The first-order chi connectivity index (χ1) is 38.6. The zero-order valence-corrected chi connectivity index (χ0v) is 50.7. The lowest BCUT2D eigenvalue weighted by atomic mass is 10.1. The third-order valence-electron chi connectivity index (χ3n) is 12.6. The number of carbonyl (C=O) groups is 3. The first kappa shape index (κ1) is 74.2. The molecular weight excluding hydrogens is 983 g/mol. The van der Waals surface area contributed by atoms with Crippen molar-refractivity contribution in [1.82, 2.24) is 0 Å². The number of allylic oxidation sites excluding steroid dienone is 24. The number of hydrogen-bond acceptors (Lipinski definition) is 8. The van der Waals surface area contributed by atoms with Gasteiger partial charge in [-0.1, -0.05) is 230 Å². The Hall–Kier alpha value is -4.83. The van der Waals surface area contributed by atoms with Gasteiger partial charge in [-0.3, -0.25) is 9.59 Å². The molecule has 9 nitrogen and oxygen atoms in total. The first-order valence-electron chi connectivity index (χ1n) is 31.0. The highest BCUT2D eigenvalue weighted by Crippen LogP contribution is 2.14. The quantitative estimate of drug-likeness (QED) is 0.0195. The van der Waals surface area contributed by atoms with Gasteiger partial charge in [0.1, 0.15) is 13.2 Å². The van der Waals surface area contributed by atoms with Gasteiger partial charge in [0.2, 0.25) is 0 Å². The first-order valence-corrected chi connectivity index (χ1v) is 31.0. The molecule has 0 aromatic rings. The number of likely N-dealkylation sites (N-methyl/N-ethyl adjacent to an activating group) is 1. The maximum absolute atomic E-state index is 12.9. The number of unbranched alkanes of at least 4 members (excludes halogenated alkanes) is 16. The van der Waals surface area contributed by atoms with Crippen LogP contribution < -0.4 is 5.11 Å². The van der Waals surface area contributed by atoms with Crippen molar-refractivity contribution in [2.24, 2.45) is 0 Å². The smallest absolute Gasteiger partial charge is 0.306 e. The number of carboxylic acids is 1. The molecule has 0 radical (unpaired) electrons. The van der Waals surface area contributed by atoms with E-state index in [1.807, 2.05) is 21.1 Å². The van der Waals surface area contributed by atoms with E-state index in [1.54, 1.807) is 0 Å². The predicted octanol–water partition coefficient (Wildman–Crippen LogP) is 17.5. The second-order valence-corrected chi connectivity index (χ2v) is 21.3.